The molecule has 0 aliphatic carbocycles. The normalized spacial score (nSPS) is 14.1. The number of ether oxygens (including phenoxy) is 2. The molecule has 3 aromatic rings. The second-order valence-corrected chi connectivity index (χ2v) is 9.90. The molecule has 0 bridgehead atoms. The highest BCUT2D eigenvalue weighted by Gasteiger charge is 2.31. The molecule has 0 radical (unpaired) electrons. The van der Waals surface area contributed by atoms with Crippen molar-refractivity contribution < 1.29 is 32.2 Å². The lowest BCUT2D eigenvalue weighted by Gasteiger charge is -2.31. The van der Waals surface area contributed by atoms with E-state index in [-0.39, 0.29) is 12.5 Å². The number of amides is 1. The van der Waals surface area contributed by atoms with E-state index in [1.54, 1.807) is 19.9 Å². The number of nitrogens with two attached hydrogens (primary N) is 1. The summed E-state index contributed by atoms with van der Waals surface area (Å²) in [6.07, 6.45) is -5.61. The highest BCUT2D eigenvalue weighted by atomic mass is 19.4. The fraction of sp³-hybridized carbons (Fsp3) is 0.400. The standard InChI is InChI=1S/C30H35F3N2O4/c1-19(2)27(34)28(36)38-21(4)39-29(37)35(17-9-11-22-10-7-14-24(18-22)30(31,32)33)20(3)25-16-8-13-23-12-5-6-15-26(23)25/h5-8,10,12-16,18-21,27H,9,11,17,34H2,1-4H3/t20-,21?,27?/m1/s1. The van der Waals surface area contributed by atoms with Crippen molar-refractivity contribution in [2.24, 2.45) is 11.7 Å². The Morgan fingerprint density at radius 2 is 1.59 bits per heavy atom. The first-order valence-corrected chi connectivity index (χ1v) is 13.0. The van der Waals surface area contributed by atoms with Gasteiger partial charge in [0, 0.05) is 13.5 Å². The van der Waals surface area contributed by atoms with Gasteiger partial charge in [-0.1, -0.05) is 74.5 Å². The van der Waals surface area contributed by atoms with E-state index in [1.165, 1.54) is 17.9 Å². The Bertz CT molecular complexity index is 1270. The highest BCUT2D eigenvalue weighted by molar-refractivity contribution is 5.86. The van der Waals surface area contributed by atoms with Gasteiger partial charge in [0.25, 0.3) is 0 Å². The minimum absolute atomic E-state index is 0.154. The summed E-state index contributed by atoms with van der Waals surface area (Å²) in [4.78, 5) is 27.1. The number of alkyl halides is 3. The van der Waals surface area contributed by atoms with Crippen molar-refractivity contribution in [3.05, 3.63) is 83.4 Å². The fourth-order valence-corrected chi connectivity index (χ4v) is 4.33. The maximum absolute atomic E-state index is 13.4. The predicted octanol–water partition coefficient (Wildman–Crippen LogP) is 6.86. The highest BCUT2D eigenvalue weighted by Crippen LogP contribution is 2.31. The van der Waals surface area contributed by atoms with Gasteiger partial charge in [-0.25, -0.2) is 4.79 Å². The zero-order chi connectivity index (χ0) is 28.7. The van der Waals surface area contributed by atoms with E-state index in [0.717, 1.165) is 28.5 Å². The van der Waals surface area contributed by atoms with E-state index in [2.05, 4.69) is 0 Å². The van der Waals surface area contributed by atoms with Gasteiger partial charge >= 0.3 is 18.2 Å². The Hall–Kier alpha value is -3.59. The molecular formula is C30H35F3N2O4. The van der Waals surface area contributed by atoms with Gasteiger partial charge in [-0.15, -0.1) is 0 Å². The van der Waals surface area contributed by atoms with Gasteiger partial charge in [0.15, 0.2) is 0 Å². The summed E-state index contributed by atoms with van der Waals surface area (Å²) in [6.45, 7) is 7.05. The van der Waals surface area contributed by atoms with Crippen LogP contribution in [0, 0.1) is 5.92 Å². The smallest absolute Gasteiger partial charge is 0.416 e. The molecule has 6 nitrogen and oxygen atoms in total. The summed E-state index contributed by atoms with van der Waals surface area (Å²) in [5.74, 6) is -0.831. The molecule has 3 rings (SSSR count). The SMILES string of the molecule is CC(OC(=O)C(N)C(C)C)OC(=O)N(CCCc1cccc(C(F)(F)F)c1)[C@H](C)c1cccc2ccccc12. The van der Waals surface area contributed by atoms with Crippen LogP contribution in [-0.4, -0.2) is 35.8 Å². The summed E-state index contributed by atoms with van der Waals surface area (Å²) in [6, 6.07) is 17.4. The van der Waals surface area contributed by atoms with E-state index in [9.17, 15) is 22.8 Å². The van der Waals surface area contributed by atoms with Crippen molar-refractivity contribution in [3.8, 4) is 0 Å². The average Bonchev–Trinajstić information content (AvgIpc) is 2.89. The zero-order valence-corrected chi connectivity index (χ0v) is 22.6. The molecule has 0 aromatic heterocycles. The van der Waals surface area contributed by atoms with E-state index >= 15 is 0 Å². The van der Waals surface area contributed by atoms with Crippen LogP contribution >= 0.6 is 0 Å². The van der Waals surface area contributed by atoms with Crippen LogP contribution in [-0.2, 0) is 26.9 Å². The third kappa shape index (κ3) is 7.95. The van der Waals surface area contributed by atoms with Crippen LogP contribution in [0.1, 0.15) is 56.8 Å². The Morgan fingerprint density at radius 1 is 0.923 bits per heavy atom. The monoisotopic (exact) mass is 544 g/mol. The number of carbonyl (C=O) groups excluding carboxylic acids is 2. The van der Waals surface area contributed by atoms with Crippen LogP contribution in [0.15, 0.2) is 66.7 Å². The number of nitrogens with zero attached hydrogens (tertiary/aromatic N) is 1. The molecule has 1 amide bonds. The molecule has 2 N–H and O–H groups in total. The van der Waals surface area contributed by atoms with Gasteiger partial charge in [-0.3, -0.25) is 4.79 Å². The lowest BCUT2D eigenvalue weighted by Crippen LogP contribution is -2.41. The number of aryl methyl sites for hydroxylation is 1. The van der Waals surface area contributed by atoms with E-state index in [1.807, 2.05) is 49.4 Å². The topological polar surface area (TPSA) is 81.9 Å². The molecule has 3 aromatic carbocycles. The number of carbonyl (C=O) groups is 2. The summed E-state index contributed by atoms with van der Waals surface area (Å²) < 4.78 is 50.1. The van der Waals surface area contributed by atoms with E-state index in [4.69, 9.17) is 15.2 Å². The van der Waals surface area contributed by atoms with E-state index in [0.29, 0.717) is 18.4 Å². The van der Waals surface area contributed by atoms with Gasteiger partial charge in [0.05, 0.1) is 11.6 Å². The first kappa shape index (κ1) is 30.0. The largest absolute Gasteiger partial charge is 0.424 e. The third-order valence-corrected chi connectivity index (χ3v) is 6.63. The number of fused-ring (bicyclic) bond motifs is 1. The van der Waals surface area contributed by atoms with Gasteiger partial charge in [-0.2, -0.15) is 13.2 Å². The third-order valence-electron chi connectivity index (χ3n) is 6.63. The molecular weight excluding hydrogens is 509 g/mol. The van der Waals surface area contributed by atoms with Crippen LogP contribution in [0.3, 0.4) is 0 Å². The van der Waals surface area contributed by atoms with Crippen molar-refractivity contribution in [2.75, 3.05) is 6.54 Å². The number of hydrogen-bond acceptors (Lipinski definition) is 5. The first-order valence-electron chi connectivity index (χ1n) is 13.0. The Kier molecular flexibility index (Phi) is 9.97. The van der Waals surface area contributed by atoms with Crippen molar-refractivity contribution in [1.82, 2.24) is 4.90 Å². The summed E-state index contributed by atoms with van der Waals surface area (Å²) in [5, 5.41) is 1.97. The van der Waals surface area contributed by atoms with Crippen LogP contribution < -0.4 is 5.73 Å². The molecule has 0 saturated heterocycles. The number of rotatable bonds is 10. The molecule has 0 saturated carbocycles. The molecule has 39 heavy (non-hydrogen) atoms. The number of benzene rings is 3. The number of esters is 1. The van der Waals surface area contributed by atoms with Gasteiger partial charge < -0.3 is 20.1 Å². The van der Waals surface area contributed by atoms with Gasteiger partial charge in [0.1, 0.15) is 6.04 Å². The number of hydrogen-bond donors (Lipinski definition) is 1. The first-order chi connectivity index (χ1) is 18.4. The predicted molar refractivity (Wildman–Crippen MR) is 144 cm³/mol. The quantitative estimate of drug-likeness (QED) is 0.223. The second kappa shape index (κ2) is 13.0. The van der Waals surface area contributed by atoms with E-state index < -0.39 is 42.2 Å². The summed E-state index contributed by atoms with van der Waals surface area (Å²) in [5.41, 5.74) is 6.53. The molecule has 0 heterocycles. The van der Waals surface area contributed by atoms with Crippen LogP contribution in [0.2, 0.25) is 0 Å². The van der Waals surface area contributed by atoms with Crippen molar-refractivity contribution in [2.45, 2.75) is 65.1 Å². The summed E-state index contributed by atoms with van der Waals surface area (Å²) in [7, 11) is 0. The van der Waals surface area contributed by atoms with Gasteiger partial charge in [0.2, 0.25) is 6.29 Å². The molecule has 9 heteroatoms. The maximum Gasteiger partial charge on any atom is 0.416 e. The Labute approximate surface area is 226 Å². The molecule has 0 aliphatic heterocycles. The maximum atomic E-state index is 13.4. The molecule has 0 fully saturated rings. The summed E-state index contributed by atoms with van der Waals surface area (Å²) >= 11 is 0. The minimum Gasteiger partial charge on any atom is -0.424 e. The lowest BCUT2D eigenvalue weighted by molar-refractivity contribution is -0.169. The van der Waals surface area contributed by atoms with Gasteiger partial charge in [-0.05, 0) is 53.6 Å². The Morgan fingerprint density at radius 3 is 2.28 bits per heavy atom. The van der Waals surface area contributed by atoms with Crippen LogP contribution in [0.5, 0.6) is 0 Å². The molecule has 0 spiro atoms. The number of halogens is 3. The molecule has 2 unspecified atom stereocenters. The minimum atomic E-state index is -4.43. The van der Waals surface area contributed by atoms with Crippen LogP contribution in [0.4, 0.5) is 18.0 Å². The Balaban J connectivity index is 1.80. The zero-order valence-electron chi connectivity index (χ0n) is 22.6. The van der Waals surface area contributed by atoms with Crippen molar-refractivity contribution >= 4 is 22.8 Å². The molecule has 0 aliphatic rings. The lowest BCUT2D eigenvalue weighted by atomic mass is 9.98. The van der Waals surface area contributed by atoms with Crippen LogP contribution in [0.25, 0.3) is 10.8 Å². The van der Waals surface area contributed by atoms with Crippen molar-refractivity contribution in [1.29, 1.82) is 0 Å². The second-order valence-electron chi connectivity index (χ2n) is 9.90. The molecule has 3 atom stereocenters. The van der Waals surface area contributed by atoms with Crippen molar-refractivity contribution in [3.63, 3.8) is 0 Å². The fourth-order valence-electron chi connectivity index (χ4n) is 4.33. The average molecular weight is 545 g/mol. The molecule has 210 valence electrons.